The number of carbonyl (C=O) groups excluding carboxylic acids is 1. The zero-order chi connectivity index (χ0) is 16.6. The Balaban J connectivity index is 1.89. The summed E-state index contributed by atoms with van der Waals surface area (Å²) in [6.07, 6.45) is 1.64. The highest BCUT2D eigenvalue weighted by Crippen LogP contribution is 2.37. The van der Waals surface area contributed by atoms with Gasteiger partial charge >= 0.3 is 5.00 Å². The number of amides is 1. The fourth-order valence-electron chi connectivity index (χ4n) is 2.05. The Kier molecular flexibility index (Phi) is 4.29. The molecule has 8 heteroatoms. The number of nitro groups is 1. The van der Waals surface area contributed by atoms with Crippen LogP contribution in [0.25, 0.3) is 6.08 Å². The van der Waals surface area contributed by atoms with E-state index in [2.05, 4.69) is 0 Å². The summed E-state index contributed by atoms with van der Waals surface area (Å²) >= 11 is 7.52. The van der Waals surface area contributed by atoms with Crippen LogP contribution in [0.15, 0.2) is 40.6 Å². The van der Waals surface area contributed by atoms with Crippen LogP contribution in [0.3, 0.4) is 0 Å². The second-order valence-electron chi connectivity index (χ2n) is 4.83. The van der Waals surface area contributed by atoms with Crippen molar-refractivity contribution in [2.45, 2.75) is 6.92 Å². The normalized spacial score (nSPS) is 16.4. The molecule has 1 aliphatic heterocycles. The second kappa shape index (κ2) is 6.23. The van der Waals surface area contributed by atoms with Crippen LogP contribution in [0.5, 0.6) is 0 Å². The number of aryl methyl sites for hydroxylation is 1. The van der Waals surface area contributed by atoms with Gasteiger partial charge in [-0.15, -0.1) is 0 Å². The number of rotatable bonds is 3. The lowest BCUT2D eigenvalue weighted by atomic mass is 10.2. The maximum atomic E-state index is 12.6. The van der Waals surface area contributed by atoms with Crippen LogP contribution in [0, 0.1) is 17.0 Å². The molecule has 0 atom stereocenters. The van der Waals surface area contributed by atoms with Crippen molar-refractivity contribution in [1.82, 2.24) is 0 Å². The first-order valence-electron chi connectivity index (χ1n) is 6.53. The summed E-state index contributed by atoms with van der Waals surface area (Å²) < 4.78 is 0.454. The van der Waals surface area contributed by atoms with Crippen molar-refractivity contribution >= 4 is 62.3 Å². The van der Waals surface area contributed by atoms with Gasteiger partial charge < -0.3 is 0 Å². The number of hydrogen-bond donors (Lipinski definition) is 0. The number of anilines is 1. The molecule has 1 saturated heterocycles. The summed E-state index contributed by atoms with van der Waals surface area (Å²) in [7, 11) is 0. The molecule has 23 heavy (non-hydrogen) atoms. The number of hydrogen-bond acceptors (Lipinski definition) is 6. The zero-order valence-corrected chi connectivity index (χ0v) is 14.3. The highest BCUT2D eigenvalue weighted by molar-refractivity contribution is 8.27. The molecule has 1 aromatic heterocycles. The zero-order valence-electron chi connectivity index (χ0n) is 11.9. The molecule has 2 aromatic rings. The molecule has 0 bridgehead atoms. The minimum absolute atomic E-state index is 0.0465. The molecule has 0 saturated carbocycles. The molecule has 1 aliphatic rings. The SMILES string of the molecule is Cc1ccc(N2C(=O)/C(=C\c3csc([N+](=O)[O-])c3)SC2=S)cc1. The van der Waals surface area contributed by atoms with Crippen LogP contribution in [-0.2, 0) is 4.79 Å². The van der Waals surface area contributed by atoms with Gasteiger partial charge in [-0.2, -0.15) is 0 Å². The third kappa shape index (κ3) is 3.19. The standard InChI is InChI=1S/C15H10N2O3S3/c1-9-2-4-11(5-3-9)16-14(18)12(23-15(16)21)6-10-7-13(17(19)20)22-8-10/h2-8H,1H3/b12-6+. The lowest BCUT2D eigenvalue weighted by Crippen LogP contribution is -2.27. The maximum Gasteiger partial charge on any atom is 0.324 e. The molecule has 3 rings (SSSR count). The van der Waals surface area contributed by atoms with Crippen molar-refractivity contribution in [3.63, 3.8) is 0 Å². The smallest absolute Gasteiger partial charge is 0.268 e. The van der Waals surface area contributed by atoms with E-state index in [-0.39, 0.29) is 10.9 Å². The van der Waals surface area contributed by atoms with Gasteiger partial charge in [0.15, 0.2) is 4.32 Å². The van der Waals surface area contributed by atoms with E-state index in [0.29, 0.717) is 14.8 Å². The number of benzene rings is 1. The molecule has 0 aliphatic carbocycles. The average molecular weight is 362 g/mol. The molecule has 0 N–H and O–H groups in total. The predicted octanol–water partition coefficient (Wildman–Crippen LogP) is 4.37. The molecule has 0 radical (unpaired) electrons. The molecule has 1 amide bonds. The molecular formula is C15H10N2O3S3. The fraction of sp³-hybridized carbons (Fsp3) is 0.0667. The average Bonchev–Trinajstić information content (AvgIpc) is 3.07. The van der Waals surface area contributed by atoms with Gasteiger partial charge in [-0.1, -0.05) is 53.0 Å². The maximum absolute atomic E-state index is 12.6. The largest absolute Gasteiger partial charge is 0.324 e. The van der Waals surface area contributed by atoms with Crippen LogP contribution in [-0.4, -0.2) is 15.2 Å². The highest BCUT2D eigenvalue weighted by Gasteiger charge is 2.33. The van der Waals surface area contributed by atoms with Gasteiger partial charge in [-0.3, -0.25) is 19.8 Å². The molecule has 5 nitrogen and oxygen atoms in total. The van der Waals surface area contributed by atoms with Crippen molar-refractivity contribution < 1.29 is 9.72 Å². The molecule has 1 aromatic carbocycles. The Morgan fingerprint density at radius 1 is 1.30 bits per heavy atom. The Morgan fingerprint density at radius 2 is 2.00 bits per heavy atom. The Hall–Kier alpha value is -2.03. The van der Waals surface area contributed by atoms with Crippen molar-refractivity contribution in [3.05, 3.63) is 61.9 Å². The third-order valence-electron chi connectivity index (χ3n) is 3.17. The predicted molar refractivity (Wildman–Crippen MR) is 97.8 cm³/mol. The summed E-state index contributed by atoms with van der Waals surface area (Å²) in [5, 5.41) is 12.4. The van der Waals surface area contributed by atoms with E-state index in [1.54, 1.807) is 11.5 Å². The van der Waals surface area contributed by atoms with Crippen LogP contribution >= 0.6 is 35.3 Å². The Morgan fingerprint density at radius 3 is 2.61 bits per heavy atom. The summed E-state index contributed by atoms with van der Waals surface area (Å²) in [5.74, 6) is -0.210. The topological polar surface area (TPSA) is 63.5 Å². The first-order valence-corrected chi connectivity index (χ1v) is 8.64. The van der Waals surface area contributed by atoms with E-state index in [9.17, 15) is 14.9 Å². The lowest BCUT2D eigenvalue weighted by molar-refractivity contribution is -0.380. The van der Waals surface area contributed by atoms with Gasteiger partial charge in [0.05, 0.1) is 15.5 Å². The van der Waals surface area contributed by atoms with Crippen LogP contribution in [0.2, 0.25) is 0 Å². The summed E-state index contributed by atoms with van der Waals surface area (Å²) in [6, 6.07) is 8.97. The van der Waals surface area contributed by atoms with E-state index in [1.165, 1.54) is 22.7 Å². The minimum Gasteiger partial charge on any atom is -0.268 e. The molecular weight excluding hydrogens is 352 g/mol. The number of carbonyl (C=O) groups is 1. The van der Waals surface area contributed by atoms with Crippen LogP contribution in [0.1, 0.15) is 11.1 Å². The Labute approximate surface area is 145 Å². The molecule has 1 fully saturated rings. The lowest BCUT2D eigenvalue weighted by Gasteiger charge is -2.14. The third-order valence-corrected chi connectivity index (χ3v) is 5.37. The van der Waals surface area contributed by atoms with E-state index >= 15 is 0 Å². The molecule has 0 spiro atoms. The summed E-state index contributed by atoms with van der Waals surface area (Å²) in [4.78, 5) is 24.8. The monoisotopic (exact) mass is 362 g/mol. The van der Waals surface area contributed by atoms with Crippen LogP contribution < -0.4 is 4.90 Å². The van der Waals surface area contributed by atoms with Gasteiger partial charge in [-0.05, 0) is 30.7 Å². The van der Waals surface area contributed by atoms with Crippen LogP contribution in [0.4, 0.5) is 10.7 Å². The van der Waals surface area contributed by atoms with Gasteiger partial charge in [0, 0.05) is 11.4 Å². The quantitative estimate of drug-likeness (QED) is 0.351. The van der Waals surface area contributed by atoms with Gasteiger partial charge in [0.2, 0.25) is 0 Å². The first kappa shape index (κ1) is 15.9. The van der Waals surface area contributed by atoms with Crippen molar-refractivity contribution in [2.24, 2.45) is 0 Å². The Bertz CT molecular complexity index is 840. The van der Waals surface area contributed by atoms with Gasteiger partial charge in [0.1, 0.15) is 0 Å². The molecule has 116 valence electrons. The highest BCUT2D eigenvalue weighted by atomic mass is 32.2. The number of thiocarbonyl (C=S) groups is 1. The molecule has 2 heterocycles. The number of thioether (sulfide) groups is 1. The number of thiophene rings is 1. The van der Waals surface area contributed by atoms with E-state index in [4.69, 9.17) is 12.2 Å². The fourth-order valence-corrected chi connectivity index (χ4v) is 4.03. The molecule has 0 unspecified atom stereocenters. The van der Waals surface area contributed by atoms with E-state index < -0.39 is 4.92 Å². The van der Waals surface area contributed by atoms with E-state index in [1.807, 2.05) is 31.2 Å². The van der Waals surface area contributed by atoms with Crippen molar-refractivity contribution in [3.8, 4) is 0 Å². The number of nitrogens with zero attached hydrogens (tertiary/aromatic N) is 2. The summed E-state index contributed by atoms with van der Waals surface area (Å²) in [6.45, 7) is 1.97. The van der Waals surface area contributed by atoms with E-state index in [0.717, 1.165) is 22.6 Å². The van der Waals surface area contributed by atoms with Gasteiger partial charge in [0.25, 0.3) is 5.91 Å². The summed E-state index contributed by atoms with van der Waals surface area (Å²) in [5.41, 5.74) is 2.45. The second-order valence-corrected chi connectivity index (χ2v) is 7.39. The first-order chi connectivity index (χ1) is 11.0. The van der Waals surface area contributed by atoms with Crippen molar-refractivity contribution in [2.75, 3.05) is 4.90 Å². The minimum atomic E-state index is -0.445. The van der Waals surface area contributed by atoms with Gasteiger partial charge in [-0.25, -0.2) is 0 Å². The van der Waals surface area contributed by atoms with Crippen molar-refractivity contribution in [1.29, 1.82) is 0 Å².